The number of hydrogen-bond donors (Lipinski definition) is 2. The minimum absolute atomic E-state index is 0.0114. The van der Waals surface area contributed by atoms with Gasteiger partial charge in [-0.1, -0.05) is 0 Å². The van der Waals surface area contributed by atoms with Gasteiger partial charge in [-0.2, -0.15) is 0 Å². The highest BCUT2D eigenvalue weighted by Gasteiger charge is 2.17. The van der Waals surface area contributed by atoms with Crippen molar-refractivity contribution in [1.29, 1.82) is 0 Å². The number of rotatable bonds is 5. The van der Waals surface area contributed by atoms with Crippen LogP contribution in [0.15, 0.2) is 28.0 Å². The number of benzene rings is 1. The number of nitrogens with zero attached hydrogens (tertiary/aromatic N) is 1. The standard InChI is InChI=1S/C14H13FN2O4S/c1-2-17-5-8(14(20)21)13(19)7-3-9(15)11(4-10(7)17)22-6-12(16)18/h3-5H,2,6H2,1H3,(H2,16,18)(H,20,21). The van der Waals surface area contributed by atoms with Gasteiger partial charge in [-0.3, -0.25) is 9.59 Å². The lowest BCUT2D eigenvalue weighted by Crippen LogP contribution is -2.19. The molecule has 0 aliphatic heterocycles. The number of thioether (sulfide) groups is 1. The SMILES string of the molecule is CCn1cc(C(=O)O)c(=O)c2cc(F)c(SCC(N)=O)cc21. The molecule has 1 heterocycles. The number of nitrogens with two attached hydrogens (primary N) is 1. The summed E-state index contributed by atoms with van der Waals surface area (Å²) in [4.78, 5) is 34.2. The van der Waals surface area contributed by atoms with E-state index in [0.29, 0.717) is 12.1 Å². The Kier molecular flexibility index (Phi) is 4.51. The van der Waals surface area contributed by atoms with Crippen molar-refractivity contribution in [3.05, 3.63) is 39.9 Å². The zero-order valence-corrected chi connectivity index (χ0v) is 12.4. The van der Waals surface area contributed by atoms with Crippen molar-refractivity contribution in [2.75, 3.05) is 5.75 Å². The van der Waals surface area contributed by atoms with Gasteiger partial charge >= 0.3 is 5.97 Å². The number of amides is 1. The van der Waals surface area contributed by atoms with Gasteiger partial charge in [0.2, 0.25) is 11.3 Å². The summed E-state index contributed by atoms with van der Waals surface area (Å²) in [5.41, 5.74) is 4.29. The summed E-state index contributed by atoms with van der Waals surface area (Å²) in [5.74, 6) is -2.73. The van der Waals surface area contributed by atoms with Gasteiger partial charge < -0.3 is 15.4 Å². The Hall–Kier alpha value is -2.35. The maximum atomic E-state index is 14.0. The first-order chi connectivity index (χ1) is 10.3. The molecule has 22 heavy (non-hydrogen) atoms. The third-order valence-electron chi connectivity index (χ3n) is 3.07. The van der Waals surface area contributed by atoms with E-state index in [1.807, 2.05) is 0 Å². The summed E-state index contributed by atoms with van der Waals surface area (Å²) in [5, 5.41) is 9.04. The van der Waals surface area contributed by atoms with E-state index in [9.17, 15) is 18.8 Å². The first-order valence-electron chi connectivity index (χ1n) is 6.36. The van der Waals surface area contributed by atoms with E-state index >= 15 is 0 Å². The summed E-state index contributed by atoms with van der Waals surface area (Å²) in [6.45, 7) is 2.18. The molecule has 0 atom stereocenters. The van der Waals surface area contributed by atoms with E-state index in [1.165, 1.54) is 12.3 Å². The normalized spacial score (nSPS) is 10.8. The third kappa shape index (κ3) is 2.96. The van der Waals surface area contributed by atoms with Crippen LogP contribution in [-0.2, 0) is 11.3 Å². The summed E-state index contributed by atoms with van der Waals surface area (Å²) >= 11 is 0.924. The van der Waals surface area contributed by atoms with Gasteiger partial charge in [0.1, 0.15) is 11.4 Å². The Balaban J connectivity index is 2.71. The summed E-state index contributed by atoms with van der Waals surface area (Å²) in [7, 11) is 0. The Morgan fingerprint density at radius 1 is 1.41 bits per heavy atom. The first-order valence-corrected chi connectivity index (χ1v) is 7.34. The van der Waals surface area contributed by atoms with E-state index in [-0.39, 0.29) is 16.0 Å². The van der Waals surface area contributed by atoms with Gasteiger partial charge in [0.05, 0.1) is 11.3 Å². The molecule has 0 aliphatic carbocycles. The summed E-state index contributed by atoms with van der Waals surface area (Å²) in [6, 6.07) is 2.42. The Morgan fingerprint density at radius 2 is 2.09 bits per heavy atom. The third-order valence-corrected chi connectivity index (χ3v) is 4.13. The number of fused-ring (bicyclic) bond motifs is 1. The van der Waals surface area contributed by atoms with Crippen molar-refractivity contribution in [2.24, 2.45) is 5.73 Å². The lowest BCUT2D eigenvalue weighted by Gasteiger charge is -2.12. The van der Waals surface area contributed by atoms with Crippen molar-refractivity contribution in [3.63, 3.8) is 0 Å². The van der Waals surface area contributed by atoms with Crippen LogP contribution in [0.5, 0.6) is 0 Å². The molecule has 0 aliphatic rings. The first kappa shape index (κ1) is 16.0. The Bertz CT molecular complexity index is 832. The zero-order valence-electron chi connectivity index (χ0n) is 11.6. The minimum atomic E-state index is -1.36. The van der Waals surface area contributed by atoms with Crippen LogP contribution < -0.4 is 11.2 Å². The molecule has 1 aromatic heterocycles. The topological polar surface area (TPSA) is 102 Å². The van der Waals surface area contributed by atoms with E-state index < -0.39 is 28.7 Å². The molecule has 2 aromatic rings. The second-order valence-electron chi connectivity index (χ2n) is 4.52. The molecular weight excluding hydrogens is 311 g/mol. The molecule has 6 nitrogen and oxygen atoms in total. The largest absolute Gasteiger partial charge is 0.477 e. The van der Waals surface area contributed by atoms with Crippen LogP contribution in [0.25, 0.3) is 10.9 Å². The molecule has 0 fully saturated rings. The number of aromatic nitrogens is 1. The highest BCUT2D eigenvalue weighted by atomic mass is 32.2. The summed E-state index contributed by atoms with van der Waals surface area (Å²) in [6.07, 6.45) is 1.23. The van der Waals surface area contributed by atoms with E-state index in [2.05, 4.69) is 0 Å². The van der Waals surface area contributed by atoms with Crippen LogP contribution in [0, 0.1) is 5.82 Å². The van der Waals surface area contributed by atoms with Crippen molar-refractivity contribution >= 4 is 34.5 Å². The molecule has 8 heteroatoms. The highest BCUT2D eigenvalue weighted by molar-refractivity contribution is 8.00. The van der Waals surface area contributed by atoms with Crippen LogP contribution in [0.1, 0.15) is 17.3 Å². The lowest BCUT2D eigenvalue weighted by molar-refractivity contribution is -0.115. The lowest BCUT2D eigenvalue weighted by atomic mass is 10.1. The highest BCUT2D eigenvalue weighted by Crippen LogP contribution is 2.26. The fraction of sp³-hybridized carbons (Fsp3) is 0.214. The molecule has 1 aromatic carbocycles. The van der Waals surface area contributed by atoms with Crippen LogP contribution in [0.2, 0.25) is 0 Å². The average Bonchev–Trinajstić information content (AvgIpc) is 2.45. The number of primary amides is 1. The molecule has 0 saturated heterocycles. The molecule has 0 spiro atoms. The Labute approximate surface area is 128 Å². The number of aryl methyl sites for hydroxylation is 1. The van der Waals surface area contributed by atoms with Crippen molar-refractivity contribution in [3.8, 4) is 0 Å². The molecule has 2 rings (SSSR count). The van der Waals surface area contributed by atoms with Gasteiger partial charge in [0.25, 0.3) is 0 Å². The zero-order chi connectivity index (χ0) is 16.4. The number of carboxylic acid groups (broad SMARTS) is 1. The molecule has 0 bridgehead atoms. The Morgan fingerprint density at radius 3 is 2.64 bits per heavy atom. The minimum Gasteiger partial charge on any atom is -0.477 e. The second-order valence-corrected chi connectivity index (χ2v) is 5.54. The van der Waals surface area contributed by atoms with E-state index in [4.69, 9.17) is 10.8 Å². The number of carbonyl (C=O) groups is 2. The van der Waals surface area contributed by atoms with Gasteiger partial charge in [0.15, 0.2) is 0 Å². The van der Waals surface area contributed by atoms with Crippen molar-refractivity contribution < 1.29 is 19.1 Å². The van der Waals surface area contributed by atoms with Gasteiger partial charge in [-0.25, -0.2) is 9.18 Å². The maximum absolute atomic E-state index is 14.0. The summed E-state index contributed by atoms with van der Waals surface area (Å²) < 4.78 is 15.6. The second kappa shape index (κ2) is 6.18. The quantitative estimate of drug-likeness (QED) is 0.810. The predicted octanol–water partition coefficient (Wildman–Crippen LogP) is 1.44. The van der Waals surface area contributed by atoms with Crippen LogP contribution in [0.4, 0.5) is 4.39 Å². The van der Waals surface area contributed by atoms with E-state index in [0.717, 1.165) is 17.8 Å². The van der Waals surface area contributed by atoms with Crippen LogP contribution >= 0.6 is 11.8 Å². The number of hydrogen-bond acceptors (Lipinski definition) is 4. The van der Waals surface area contributed by atoms with Crippen molar-refractivity contribution in [1.82, 2.24) is 4.57 Å². The molecule has 116 valence electrons. The van der Waals surface area contributed by atoms with Gasteiger partial charge in [0, 0.05) is 23.0 Å². The van der Waals surface area contributed by atoms with Gasteiger partial charge in [-0.15, -0.1) is 11.8 Å². The van der Waals surface area contributed by atoms with Crippen molar-refractivity contribution in [2.45, 2.75) is 18.4 Å². The predicted molar refractivity (Wildman–Crippen MR) is 80.7 cm³/mol. The molecule has 0 saturated carbocycles. The number of carbonyl (C=O) groups excluding carboxylic acids is 1. The van der Waals surface area contributed by atoms with Gasteiger partial charge in [-0.05, 0) is 19.1 Å². The molecule has 3 N–H and O–H groups in total. The average molecular weight is 324 g/mol. The van der Waals surface area contributed by atoms with Crippen LogP contribution in [-0.4, -0.2) is 27.3 Å². The molecular formula is C14H13FN2O4S. The fourth-order valence-corrected chi connectivity index (χ4v) is 2.75. The number of halogens is 1. The smallest absolute Gasteiger partial charge is 0.341 e. The molecule has 1 amide bonds. The number of aromatic carboxylic acids is 1. The maximum Gasteiger partial charge on any atom is 0.341 e. The number of carboxylic acids is 1. The molecule has 0 radical (unpaired) electrons. The monoisotopic (exact) mass is 324 g/mol. The van der Waals surface area contributed by atoms with Crippen LogP contribution in [0.3, 0.4) is 0 Å². The fourth-order valence-electron chi connectivity index (χ4n) is 2.06. The van der Waals surface area contributed by atoms with E-state index in [1.54, 1.807) is 11.5 Å². The molecule has 0 unspecified atom stereocenters. The number of pyridine rings is 1.